The van der Waals surface area contributed by atoms with Crippen molar-refractivity contribution in [3.8, 4) is 11.1 Å². The normalized spacial score (nSPS) is 19.6. The molecule has 0 radical (unpaired) electrons. The van der Waals surface area contributed by atoms with Crippen LogP contribution in [0.2, 0.25) is 0 Å². The van der Waals surface area contributed by atoms with E-state index >= 15 is 0 Å². The summed E-state index contributed by atoms with van der Waals surface area (Å²) in [6.07, 6.45) is 1.97. The molecule has 3 heteroatoms. The number of rotatable bonds is 4. The molecule has 2 nitrogen and oxygen atoms in total. The lowest BCUT2D eigenvalue weighted by atomic mass is 9.78. The Hall–Kier alpha value is -1.84. The minimum absolute atomic E-state index is 0.326. The molecule has 25 heavy (non-hydrogen) atoms. The fourth-order valence-corrected chi connectivity index (χ4v) is 2.98. The van der Waals surface area contributed by atoms with Crippen molar-refractivity contribution < 1.29 is 9.31 Å². The molecule has 2 aromatic carbocycles. The van der Waals surface area contributed by atoms with Crippen molar-refractivity contribution in [3.05, 3.63) is 66.7 Å². The van der Waals surface area contributed by atoms with E-state index in [1.54, 1.807) is 0 Å². The van der Waals surface area contributed by atoms with Gasteiger partial charge in [-0.1, -0.05) is 61.5 Å². The molecule has 0 spiro atoms. The quantitative estimate of drug-likeness (QED) is 0.582. The second-order valence-corrected chi connectivity index (χ2v) is 7.86. The monoisotopic (exact) mass is 334 g/mol. The highest BCUT2D eigenvalue weighted by Gasteiger charge is 2.51. The van der Waals surface area contributed by atoms with E-state index in [9.17, 15) is 0 Å². The van der Waals surface area contributed by atoms with Gasteiger partial charge in [-0.3, -0.25) is 0 Å². The number of allylic oxidation sites excluding steroid dienone is 1. The van der Waals surface area contributed by atoms with Crippen LogP contribution in [-0.4, -0.2) is 18.3 Å². The highest BCUT2D eigenvalue weighted by molar-refractivity contribution is 6.62. The molecule has 1 saturated heterocycles. The van der Waals surface area contributed by atoms with E-state index in [4.69, 9.17) is 9.31 Å². The lowest BCUT2D eigenvalue weighted by Gasteiger charge is -2.32. The zero-order valence-corrected chi connectivity index (χ0v) is 15.9. The SMILES string of the molecule is C=CC(C)c1cccc(-c2cccc(B3OC(C)(C)C(C)(C)O3)c2)c1. The average Bonchev–Trinajstić information content (AvgIpc) is 2.82. The van der Waals surface area contributed by atoms with Crippen molar-refractivity contribution in [1.29, 1.82) is 0 Å². The average molecular weight is 334 g/mol. The van der Waals surface area contributed by atoms with Crippen LogP contribution in [0.1, 0.15) is 46.1 Å². The van der Waals surface area contributed by atoms with Crippen LogP contribution in [0.25, 0.3) is 11.1 Å². The molecule has 1 heterocycles. The molecular weight excluding hydrogens is 307 g/mol. The highest BCUT2D eigenvalue weighted by Crippen LogP contribution is 2.36. The molecule has 0 aliphatic carbocycles. The molecule has 3 rings (SSSR count). The predicted molar refractivity (Wildman–Crippen MR) is 106 cm³/mol. The molecule has 2 aromatic rings. The molecule has 1 aliphatic heterocycles. The van der Waals surface area contributed by atoms with Gasteiger partial charge < -0.3 is 9.31 Å². The molecule has 0 aromatic heterocycles. The third-order valence-electron chi connectivity index (χ3n) is 5.51. The molecule has 1 fully saturated rings. The van der Waals surface area contributed by atoms with Gasteiger partial charge in [0.1, 0.15) is 0 Å². The van der Waals surface area contributed by atoms with Gasteiger partial charge in [-0.05, 0) is 55.8 Å². The van der Waals surface area contributed by atoms with E-state index in [0.717, 1.165) is 5.46 Å². The summed E-state index contributed by atoms with van der Waals surface area (Å²) in [5.74, 6) is 0.339. The molecule has 0 saturated carbocycles. The first-order valence-corrected chi connectivity index (χ1v) is 8.92. The predicted octanol–water partition coefficient (Wildman–Crippen LogP) is 4.94. The van der Waals surface area contributed by atoms with Gasteiger partial charge in [-0.25, -0.2) is 0 Å². The molecule has 0 N–H and O–H groups in total. The minimum Gasteiger partial charge on any atom is -0.399 e. The van der Waals surface area contributed by atoms with E-state index in [-0.39, 0.29) is 18.3 Å². The first-order valence-electron chi connectivity index (χ1n) is 8.92. The summed E-state index contributed by atoms with van der Waals surface area (Å²) < 4.78 is 12.4. The lowest BCUT2D eigenvalue weighted by molar-refractivity contribution is 0.00578. The van der Waals surface area contributed by atoms with E-state index in [1.165, 1.54) is 16.7 Å². The summed E-state index contributed by atoms with van der Waals surface area (Å²) in [5, 5.41) is 0. The number of hydrogen-bond acceptors (Lipinski definition) is 2. The van der Waals surface area contributed by atoms with Gasteiger partial charge in [0, 0.05) is 0 Å². The second-order valence-electron chi connectivity index (χ2n) is 7.86. The zero-order valence-electron chi connectivity index (χ0n) is 15.9. The Balaban J connectivity index is 1.92. The molecule has 0 amide bonds. The largest absolute Gasteiger partial charge is 0.494 e. The van der Waals surface area contributed by atoms with Gasteiger partial charge in [0.15, 0.2) is 0 Å². The topological polar surface area (TPSA) is 18.5 Å². The Morgan fingerprint density at radius 1 is 0.920 bits per heavy atom. The Bertz CT molecular complexity index is 763. The maximum Gasteiger partial charge on any atom is 0.494 e. The highest BCUT2D eigenvalue weighted by atomic mass is 16.7. The third-order valence-corrected chi connectivity index (χ3v) is 5.51. The van der Waals surface area contributed by atoms with Crippen molar-refractivity contribution in [2.75, 3.05) is 0 Å². The molecule has 0 bridgehead atoms. The van der Waals surface area contributed by atoms with E-state index in [2.05, 4.69) is 89.7 Å². The van der Waals surface area contributed by atoms with Gasteiger partial charge in [-0.15, -0.1) is 6.58 Å². The molecular formula is C22H27BO2. The second kappa shape index (κ2) is 6.47. The molecule has 1 unspecified atom stereocenters. The smallest absolute Gasteiger partial charge is 0.399 e. The minimum atomic E-state index is -0.333. The van der Waals surface area contributed by atoms with Crippen LogP contribution in [0, 0.1) is 0 Å². The van der Waals surface area contributed by atoms with E-state index < -0.39 is 0 Å². The van der Waals surface area contributed by atoms with Crippen LogP contribution in [0.5, 0.6) is 0 Å². The van der Waals surface area contributed by atoms with Crippen molar-refractivity contribution in [2.45, 2.75) is 51.7 Å². The summed E-state index contributed by atoms with van der Waals surface area (Å²) in [6, 6.07) is 17.1. The maximum absolute atomic E-state index is 6.18. The molecule has 130 valence electrons. The zero-order chi connectivity index (χ0) is 18.2. The van der Waals surface area contributed by atoms with Crippen molar-refractivity contribution in [3.63, 3.8) is 0 Å². The van der Waals surface area contributed by atoms with Crippen LogP contribution in [0.3, 0.4) is 0 Å². The molecule has 1 aliphatic rings. The van der Waals surface area contributed by atoms with Gasteiger partial charge >= 0.3 is 7.12 Å². The fraction of sp³-hybridized carbons (Fsp3) is 0.364. The van der Waals surface area contributed by atoms with Crippen LogP contribution >= 0.6 is 0 Å². The number of benzene rings is 2. The number of hydrogen-bond donors (Lipinski definition) is 0. The summed E-state index contributed by atoms with van der Waals surface area (Å²) >= 11 is 0. The van der Waals surface area contributed by atoms with Crippen LogP contribution in [-0.2, 0) is 9.31 Å². The van der Waals surface area contributed by atoms with Crippen molar-refractivity contribution in [1.82, 2.24) is 0 Å². The summed E-state index contributed by atoms with van der Waals surface area (Å²) in [7, 11) is -0.333. The van der Waals surface area contributed by atoms with Gasteiger partial charge in [0.2, 0.25) is 0 Å². The maximum atomic E-state index is 6.18. The summed E-state index contributed by atoms with van der Waals surface area (Å²) in [5.41, 5.74) is 4.04. The van der Waals surface area contributed by atoms with Crippen LogP contribution in [0.15, 0.2) is 61.2 Å². The first-order chi connectivity index (χ1) is 11.7. The van der Waals surface area contributed by atoms with Crippen LogP contribution < -0.4 is 5.46 Å². The van der Waals surface area contributed by atoms with E-state index in [1.807, 2.05) is 6.08 Å². The standard InChI is InChI=1S/C22H27BO2/c1-7-16(2)17-10-8-11-18(14-17)19-12-9-13-20(15-19)23-24-21(3,4)22(5,6)25-23/h7-16H,1H2,2-6H3. The van der Waals surface area contributed by atoms with Crippen molar-refractivity contribution >= 4 is 12.6 Å². The third kappa shape index (κ3) is 3.44. The lowest BCUT2D eigenvalue weighted by Crippen LogP contribution is -2.41. The summed E-state index contributed by atoms with van der Waals surface area (Å²) in [4.78, 5) is 0. The van der Waals surface area contributed by atoms with Gasteiger partial charge in [0.05, 0.1) is 11.2 Å². The van der Waals surface area contributed by atoms with Crippen LogP contribution in [0.4, 0.5) is 0 Å². The fourth-order valence-electron chi connectivity index (χ4n) is 2.98. The Morgan fingerprint density at radius 2 is 1.48 bits per heavy atom. The van der Waals surface area contributed by atoms with E-state index in [0.29, 0.717) is 5.92 Å². The first kappa shape index (κ1) is 18.0. The van der Waals surface area contributed by atoms with Gasteiger partial charge in [-0.2, -0.15) is 0 Å². The Morgan fingerprint density at radius 3 is 2.08 bits per heavy atom. The Kier molecular flexibility index (Phi) is 4.65. The van der Waals surface area contributed by atoms with Crippen molar-refractivity contribution in [2.24, 2.45) is 0 Å². The summed E-state index contributed by atoms with van der Waals surface area (Å²) in [6.45, 7) is 14.4. The Labute approximate surface area is 152 Å². The molecule has 1 atom stereocenters. The van der Waals surface area contributed by atoms with Gasteiger partial charge in [0.25, 0.3) is 0 Å².